The highest BCUT2D eigenvalue weighted by molar-refractivity contribution is 5.92. The number of nitrogens with one attached hydrogen (secondary N) is 1. The molecule has 116 valence electrons. The Labute approximate surface area is 127 Å². The normalized spacial score (nSPS) is 10.5. The quantitative estimate of drug-likeness (QED) is 0.836. The van der Waals surface area contributed by atoms with Crippen molar-refractivity contribution in [3.63, 3.8) is 0 Å². The molecule has 4 heteroatoms. The number of amides is 2. The second-order valence-corrected chi connectivity index (χ2v) is 5.55. The minimum atomic E-state index is -0.0505. The summed E-state index contributed by atoms with van der Waals surface area (Å²) in [6.45, 7) is 8.94. The number of hydrogen-bond acceptors (Lipinski definition) is 2. The van der Waals surface area contributed by atoms with E-state index < -0.39 is 0 Å². The average Bonchev–Trinajstić information content (AvgIpc) is 2.43. The Bertz CT molecular complexity index is 483. The number of hydrogen-bond donors (Lipinski definition) is 1. The zero-order chi connectivity index (χ0) is 15.8. The molecule has 4 nitrogen and oxygen atoms in total. The number of carbonyl (C=O) groups is 2. The SMILES string of the molecule is CCCN(CCC(=O)Nc1ccccc1C(C)C)C(C)=O. The Morgan fingerprint density at radius 1 is 1.19 bits per heavy atom. The lowest BCUT2D eigenvalue weighted by Crippen LogP contribution is -2.32. The maximum Gasteiger partial charge on any atom is 0.226 e. The molecule has 2 amide bonds. The van der Waals surface area contributed by atoms with Crippen molar-refractivity contribution in [3.8, 4) is 0 Å². The number of benzene rings is 1. The zero-order valence-corrected chi connectivity index (χ0v) is 13.5. The summed E-state index contributed by atoms with van der Waals surface area (Å²) in [6, 6.07) is 7.84. The Hall–Kier alpha value is -1.84. The number of rotatable bonds is 7. The van der Waals surface area contributed by atoms with Gasteiger partial charge < -0.3 is 10.2 Å². The second kappa shape index (κ2) is 8.45. The van der Waals surface area contributed by atoms with Crippen molar-refractivity contribution in [2.24, 2.45) is 0 Å². The molecule has 1 N–H and O–H groups in total. The largest absolute Gasteiger partial charge is 0.342 e. The van der Waals surface area contributed by atoms with Crippen molar-refractivity contribution in [3.05, 3.63) is 29.8 Å². The predicted molar refractivity (Wildman–Crippen MR) is 86.3 cm³/mol. The van der Waals surface area contributed by atoms with E-state index >= 15 is 0 Å². The number of nitrogens with zero attached hydrogens (tertiary/aromatic N) is 1. The molecule has 0 saturated carbocycles. The van der Waals surface area contributed by atoms with Crippen LogP contribution in [0.4, 0.5) is 5.69 Å². The van der Waals surface area contributed by atoms with Crippen molar-refractivity contribution in [2.45, 2.75) is 46.5 Å². The maximum atomic E-state index is 12.1. The fourth-order valence-corrected chi connectivity index (χ4v) is 2.26. The Morgan fingerprint density at radius 3 is 2.43 bits per heavy atom. The Kier molecular flexibility index (Phi) is 6.92. The van der Waals surface area contributed by atoms with Crippen LogP contribution in [0.25, 0.3) is 0 Å². The highest BCUT2D eigenvalue weighted by Gasteiger charge is 2.12. The molecule has 1 rings (SSSR count). The van der Waals surface area contributed by atoms with E-state index in [0.29, 0.717) is 25.4 Å². The van der Waals surface area contributed by atoms with E-state index in [9.17, 15) is 9.59 Å². The number of anilines is 1. The monoisotopic (exact) mass is 290 g/mol. The van der Waals surface area contributed by atoms with Crippen LogP contribution in [-0.2, 0) is 9.59 Å². The van der Waals surface area contributed by atoms with E-state index in [2.05, 4.69) is 19.2 Å². The number of carbonyl (C=O) groups excluding carboxylic acids is 2. The third-order valence-electron chi connectivity index (χ3n) is 3.40. The van der Waals surface area contributed by atoms with E-state index in [1.807, 2.05) is 31.2 Å². The van der Waals surface area contributed by atoms with Crippen LogP contribution >= 0.6 is 0 Å². The van der Waals surface area contributed by atoms with Gasteiger partial charge in [-0.05, 0) is 24.0 Å². The summed E-state index contributed by atoms with van der Waals surface area (Å²) in [6.07, 6.45) is 1.23. The van der Waals surface area contributed by atoms with E-state index in [0.717, 1.165) is 17.7 Å². The fraction of sp³-hybridized carbons (Fsp3) is 0.529. The van der Waals surface area contributed by atoms with Crippen LogP contribution in [0.5, 0.6) is 0 Å². The maximum absolute atomic E-state index is 12.1. The van der Waals surface area contributed by atoms with Gasteiger partial charge in [0.2, 0.25) is 11.8 Å². The molecule has 0 heterocycles. The van der Waals surface area contributed by atoms with Crippen molar-refractivity contribution in [2.75, 3.05) is 18.4 Å². The smallest absolute Gasteiger partial charge is 0.226 e. The molecule has 0 fully saturated rings. The Morgan fingerprint density at radius 2 is 1.86 bits per heavy atom. The summed E-state index contributed by atoms with van der Waals surface area (Å²) in [5.41, 5.74) is 1.99. The van der Waals surface area contributed by atoms with Gasteiger partial charge in [0, 0.05) is 32.1 Å². The average molecular weight is 290 g/mol. The van der Waals surface area contributed by atoms with Crippen LogP contribution in [-0.4, -0.2) is 29.8 Å². The van der Waals surface area contributed by atoms with Gasteiger partial charge in [-0.25, -0.2) is 0 Å². The van der Waals surface area contributed by atoms with Gasteiger partial charge in [-0.3, -0.25) is 9.59 Å². The molecule has 0 spiro atoms. The summed E-state index contributed by atoms with van der Waals surface area (Å²) >= 11 is 0. The van der Waals surface area contributed by atoms with Crippen molar-refractivity contribution < 1.29 is 9.59 Å². The molecule has 0 aliphatic carbocycles. The van der Waals surface area contributed by atoms with Gasteiger partial charge in [-0.2, -0.15) is 0 Å². The van der Waals surface area contributed by atoms with Crippen LogP contribution in [0.1, 0.15) is 52.0 Å². The predicted octanol–water partition coefficient (Wildman–Crippen LogP) is 3.40. The molecule has 0 atom stereocenters. The first-order chi connectivity index (χ1) is 9.95. The molecular formula is C17H26N2O2. The van der Waals surface area contributed by atoms with Gasteiger partial charge in [0.15, 0.2) is 0 Å². The molecule has 1 aromatic rings. The zero-order valence-electron chi connectivity index (χ0n) is 13.5. The van der Waals surface area contributed by atoms with Crippen molar-refractivity contribution in [1.82, 2.24) is 4.90 Å². The molecule has 0 saturated heterocycles. The summed E-state index contributed by atoms with van der Waals surface area (Å²) < 4.78 is 0. The van der Waals surface area contributed by atoms with Gasteiger partial charge in [-0.1, -0.05) is 39.0 Å². The molecule has 0 bridgehead atoms. The van der Waals surface area contributed by atoms with E-state index in [1.54, 1.807) is 11.8 Å². The fourth-order valence-electron chi connectivity index (χ4n) is 2.26. The van der Waals surface area contributed by atoms with Crippen LogP contribution in [0, 0.1) is 0 Å². The topological polar surface area (TPSA) is 49.4 Å². The van der Waals surface area contributed by atoms with E-state index in [-0.39, 0.29) is 11.8 Å². The summed E-state index contributed by atoms with van der Waals surface area (Å²) in [4.78, 5) is 25.2. The standard InChI is InChI=1S/C17H26N2O2/c1-5-11-19(14(4)20)12-10-17(21)18-16-9-7-6-8-15(16)13(2)3/h6-9,13H,5,10-12H2,1-4H3,(H,18,21). The molecule has 1 aromatic carbocycles. The summed E-state index contributed by atoms with van der Waals surface area (Å²) in [7, 11) is 0. The van der Waals surface area contributed by atoms with E-state index in [1.165, 1.54) is 0 Å². The van der Waals surface area contributed by atoms with Gasteiger partial charge in [0.05, 0.1) is 0 Å². The molecule has 0 aliphatic heterocycles. The summed E-state index contributed by atoms with van der Waals surface area (Å²) in [5.74, 6) is 0.327. The summed E-state index contributed by atoms with van der Waals surface area (Å²) in [5, 5.41) is 2.95. The van der Waals surface area contributed by atoms with E-state index in [4.69, 9.17) is 0 Å². The Balaban J connectivity index is 2.60. The molecule has 0 aliphatic rings. The van der Waals surface area contributed by atoms with Gasteiger partial charge in [0.1, 0.15) is 0 Å². The van der Waals surface area contributed by atoms with Crippen LogP contribution in [0.15, 0.2) is 24.3 Å². The highest BCUT2D eigenvalue weighted by Crippen LogP contribution is 2.23. The first-order valence-corrected chi connectivity index (χ1v) is 7.60. The molecular weight excluding hydrogens is 264 g/mol. The van der Waals surface area contributed by atoms with Gasteiger partial charge in [0.25, 0.3) is 0 Å². The van der Waals surface area contributed by atoms with Gasteiger partial charge in [-0.15, -0.1) is 0 Å². The lowest BCUT2D eigenvalue weighted by atomic mass is 10.0. The van der Waals surface area contributed by atoms with Crippen LogP contribution < -0.4 is 5.32 Å². The lowest BCUT2D eigenvalue weighted by molar-refractivity contribution is -0.129. The van der Waals surface area contributed by atoms with Crippen LogP contribution in [0.2, 0.25) is 0 Å². The lowest BCUT2D eigenvalue weighted by Gasteiger charge is -2.20. The molecule has 0 unspecified atom stereocenters. The van der Waals surface area contributed by atoms with Crippen LogP contribution in [0.3, 0.4) is 0 Å². The van der Waals surface area contributed by atoms with Crippen molar-refractivity contribution >= 4 is 17.5 Å². The van der Waals surface area contributed by atoms with Crippen molar-refractivity contribution in [1.29, 1.82) is 0 Å². The van der Waals surface area contributed by atoms with Gasteiger partial charge >= 0.3 is 0 Å². The minimum absolute atomic E-state index is 0.0206. The minimum Gasteiger partial charge on any atom is -0.342 e. The first kappa shape index (κ1) is 17.2. The third-order valence-corrected chi connectivity index (χ3v) is 3.40. The molecule has 0 aromatic heterocycles. The molecule has 21 heavy (non-hydrogen) atoms. The second-order valence-electron chi connectivity index (χ2n) is 5.55. The first-order valence-electron chi connectivity index (χ1n) is 7.60. The number of para-hydroxylation sites is 1. The molecule has 0 radical (unpaired) electrons. The third kappa shape index (κ3) is 5.58. The highest BCUT2D eigenvalue weighted by atomic mass is 16.2.